The smallest absolute Gasteiger partial charge is 0.221 e. The second kappa shape index (κ2) is 12.3. The van der Waals surface area contributed by atoms with Crippen LogP contribution in [0, 0.1) is 5.92 Å². The van der Waals surface area contributed by atoms with Crippen molar-refractivity contribution in [1.29, 1.82) is 0 Å². The van der Waals surface area contributed by atoms with Crippen molar-refractivity contribution in [2.24, 2.45) is 5.92 Å². The number of ether oxygens (including phenoxy) is 2. The Kier molecular flexibility index (Phi) is 8.62. The minimum absolute atomic E-state index is 0.00776. The molecule has 1 saturated heterocycles. The number of carbonyl (C=O) groups is 1. The summed E-state index contributed by atoms with van der Waals surface area (Å²) in [6.07, 6.45) is -0.834. The predicted molar refractivity (Wildman–Crippen MR) is 159 cm³/mol. The summed E-state index contributed by atoms with van der Waals surface area (Å²) in [4.78, 5) is 13.8. The number of rotatable bonds is 8. The maximum absolute atomic E-state index is 11.5. The van der Waals surface area contributed by atoms with Gasteiger partial charge in [-0.25, -0.2) is 0 Å². The number of nitrogens with zero attached hydrogens (tertiary/aromatic N) is 1. The van der Waals surface area contributed by atoms with Gasteiger partial charge in [0.2, 0.25) is 5.91 Å². The minimum atomic E-state index is -0.556. The molecule has 1 heterocycles. The largest absolute Gasteiger partial charge is 0.392 e. The Hall–Kier alpha value is -3.55. The van der Waals surface area contributed by atoms with Gasteiger partial charge in [-0.15, -0.1) is 0 Å². The quantitative estimate of drug-likeness (QED) is 0.259. The third-order valence-corrected chi connectivity index (χ3v) is 8.01. The van der Waals surface area contributed by atoms with Crippen molar-refractivity contribution >= 4 is 22.4 Å². The first kappa shape index (κ1) is 28.0. The number of aliphatic hydroxyl groups excluding tert-OH is 1. The summed E-state index contributed by atoms with van der Waals surface area (Å²) in [6, 6.07) is 30.9. The highest BCUT2D eigenvalue weighted by Gasteiger charge is 2.39. The van der Waals surface area contributed by atoms with E-state index in [4.69, 9.17) is 9.47 Å². The second-order valence-corrected chi connectivity index (χ2v) is 10.8. The third kappa shape index (κ3) is 6.26. The number of benzene rings is 4. The van der Waals surface area contributed by atoms with Crippen LogP contribution >= 0.6 is 0 Å². The Bertz CT molecular complexity index is 1440. The molecule has 6 nitrogen and oxygen atoms in total. The molecule has 1 fully saturated rings. The Labute approximate surface area is 236 Å². The van der Waals surface area contributed by atoms with Crippen LogP contribution in [0.5, 0.6) is 0 Å². The van der Waals surface area contributed by atoms with Gasteiger partial charge in [-0.05, 0) is 59.6 Å². The first-order valence-corrected chi connectivity index (χ1v) is 13.9. The maximum Gasteiger partial charge on any atom is 0.221 e. The first-order chi connectivity index (χ1) is 19.3. The van der Waals surface area contributed by atoms with Crippen molar-refractivity contribution in [3.8, 4) is 0 Å². The van der Waals surface area contributed by atoms with Crippen LogP contribution in [0.3, 0.4) is 0 Å². The van der Waals surface area contributed by atoms with Gasteiger partial charge >= 0.3 is 0 Å². The summed E-state index contributed by atoms with van der Waals surface area (Å²) in [7, 11) is 2.15. The van der Waals surface area contributed by atoms with E-state index in [2.05, 4.69) is 73.6 Å². The lowest BCUT2D eigenvalue weighted by atomic mass is 9.89. The van der Waals surface area contributed by atoms with Crippen molar-refractivity contribution in [3.05, 3.63) is 113 Å². The molecule has 1 amide bonds. The summed E-state index contributed by atoms with van der Waals surface area (Å²) in [5.74, 6) is -0.0251. The standard InChI is InChI=1S/C34H38N2O4/c1-22-32(20-36(4)23(2)29-14-13-26-7-5-6-8-30(26)19-29)39-34(28-15-17-31(18-16-28)35-24(3)38)40-33(22)27-11-9-25(21-37)10-12-27/h5-19,22-23,32-34,37H,20-21H2,1-4H3,(H,35,38)/t22-,23-,32+,33+,34+/m1/s1. The number of fused-ring (bicyclic) bond motifs is 1. The molecule has 0 aliphatic carbocycles. The molecule has 0 saturated carbocycles. The van der Waals surface area contributed by atoms with Crippen molar-refractivity contribution in [1.82, 2.24) is 4.90 Å². The fraction of sp³-hybridized carbons (Fsp3) is 0.324. The van der Waals surface area contributed by atoms with Crippen LogP contribution in [-0.4, -0.2) is 35.6 Å². The van der Waals surface area contributed by atoms with E-state index in [0.717, 1.165) is 28.9 Å². The molecular weight excluding hydrogens is 500 g/mol. The lowest BCUT2D eigenvalue weighted by Crippen LogP contribution is -2.44. The Morgan fingerprint density at radius 3 is 2.27 bits per heavy atom. The van der Waals surface area contributed by atoms with Gasteiger partial charge in [0, 0.05) is 36.7 Å². The van der Waals surface area contributed by atoms with Crippen LogP contribution in [0.1, 0.15) is 61.5 Å². The van der Waals surface area contributed by atoms with E-state index >= 15 is 0 Å². The zero-order valence-corrected chi connectivity index (χ0v) is 23.6. The monoisotopic (exact) mass is 538 g/mol. The zero-order valence-electron chi connectivity index (χ0n) is 23.6. The molecule has 1 aliphatic heterocycles. The van der Waals surface area contributed by atoms with E-state index in [1.54, 1.807) is 0 Å². The number of nitrogens with one attached hydrogen (secondary N) is 1. The van der Waals surface area contributed by atoms with Crippen molar-refractivity contribution in [2.75, 3.05) is 18.9 Å². The summed E-state index contributed by atoms with van der Waals surface area (Å²) in [6.45, 7) is 6.64. The van der Waals surface area contributed by atoms with Crippen LogP contribution in [0.25, 0.3) is 10.8 Å². The summed E-state index contributed by atoms with van der Waals surface area (Å²) >= 11 is 0. The van der Waals surface area contributed by atoms with Gasteiger partial charge in [-0.1, -0.05) is 79.7 Å². The Morgan fingerprint density at radius 2 is 1.60 bits per heavy atom. The average Bonchev–Trinajstić information content (AvgIpc) is 2.97. The van der Waals surface area contributed by atoms with Crippen LogP contribution < -0.4 is 5.32 Å². The Morgan fingerprint density at radius 1 is 0.925 bits per heavy atom. The van der Waals surface area contributed by atoms with Gasteiger partial charge in [0.15, 0.2) is 6.29 Å². The molecule has 1 aliphatic rings. The van der Waals surface area contributed by atoms with Crippen LogP contribution in [0.4, 0.5) is 5.69 Å². The number of hydrogen-bond acceptors (Lipinski definition) is 5. The van der Waals surface area contributed by atoms with E-state index in [0.29, 0.717) is 0 Å². The lowest BCUT2D eigenvalue weighted by molar-refractivity contribution is -0.276. The van der Waals surface area contributed by atoms with E-state index in [1.807, 2.05) is 48.5 Å². The molecule has 40 heavy (non-hydrogen) atoms. The van der Waals surface area contributed by atoms with Crippen molar-refractivity contribution in [3.63, 3.8) is 0 Å². The van der Waals surface area contributed by atoms with Crippen LogP contribution in [0.15, 0.2) is 91.0 Å². The number of hydrogen-bond donors (Lipinski definition) is 2. The molecule has 0 aromatic heterocycles. The minimum Gasteiger partial charge on any atom is -0.392 e. The van der Waals surface area contributed by atoms with Gasteiger partial charge in [-0.3, -0.25) is 9.69 Å². The molecule has 0 unspecified atom stereocenters. The summed E-state index contributed by atoms with van der Waals surface area (Å²) in [5, 5.41) is 14.8. The SMILES string of the molecule is CC(=O)Nc1ccc([C@H]2O[C@@H](CN(C)[C@H](C)c3ccc4ccccc4c3)[C@@H](C)[C@@H](c3ccc(CO)cc3)O2)cc1. The topological polar surface area (TPSA) is 71.0 Å². The van der Waals surface area contributed by atoms with Crippen molar-refractivity contribution < 1.29 is 19.4 Å². The fourth-order valence-electron chi connectivity index (χ4n) is 5.42. The van der Waals surface area contributed by atoms with E-state index in [1.165, 1.54) is 23.3 Å². The summed E-state index contributed by atoms with van der Waals surface area (Å²) in [5.41, 5.74) is 4.82. The normalized spacial score (nSPS) is 21.9. The molecule has 2 N–H and O–H groups in total. The predicted octanol–water partition coefficient (Wildman–Crippen LogP) is 6.77. The molecular formula is C34H38N2O4. The van der Waals surface area contributed by atoms with Gasteiger partial charge < -0.3 is 19.9 Å². The third-order valence-electron chi connectivity index (χ3n) is 8.01. The highest BCUT2D eigenvalue weighted by atomic mass is 16.7. The Balaban J connectivity index is 1.39. The molecule has 0 radical (unpaired) electrons. The number of aliphatic hydroxyl groups is 1. The molecule has 5 rings (SSSR count). The molecule has 0 spiro atoms. The first-order valence-electron chi connectivity index (χ1n) is 13.9. The van der Waals surface area contributed by atoms with E-state index in [9.17, 15) is 9.90 Å². The fourth-order valence-corrected chi connectivity index (χ4v) is 5.42. The molecule has 5 atom stereocenters. The van der Waals surface area contributed by atoms with Crippen molar-refractivity contribution in [2.45, 2.75) is 51.9 Å². The van der Waals surface area contributed by atoms with Gasteiger partial charge in [-0.2, -0.15) is 0 Å². The summed E-state index contributed by atoms with van der Waals surface area (Å²) < 4.78 is 13.2. The van der Waals surface area contributed by atoms with E-state index in [-0.39, 0.29) is 36.7 Å². The molecule has 6 heteroatoms. The van der Waals surface area contributed by atoms with Gasteiger partial charge in [0.05, 0.1) is 18.8 Å². The van der Waals surface area contributed by atoms with Gasteiger partial charge in [0.25, 0.3) is 0 Å². The zero-order chi connectivity index (χ0) is 28.2. The molecule has 4 aromatic carbocycles. The lowest BCUT2D eigenvalue weighted by Gasteiger charge is -2.43. The number of likely N-dealkylation sites (N-methyl/N-ethyl adjacent to an activating group) is 1. The maximum atomic E-state index is 11.5. The molecule has 4 aromatic rings. The van der Waals surface area contributed by atoms with Crippen LogP contribution in [0.2, 0.25) is 0 Å². The van der Waals surface area contributed by atoms with Gasteiger partial charge in [0.1, 0.15) is 0 Å². The average molecular weight is 539 g/mol. The van der Waals surface area contributed by atoms with Crippen LogP contribution in [-0.2, 0) is 20.9 Å². The number of anilines is 1. The number of amides is 1. The second-order valence-electron chi connectivity index (χ2n) is 10.8. The highest BCUT2D eigenvalue weighted by molar-refractivity contribution is 5.88. The molecule has 208 valence electrons. The highest BCUT2D eigenvalue weighted by Crippen LogP contribution is 2.42. The molecule has 0 bridgehead atoms. The number of carbonyl (C=O) groups excluding carboxylic acids is 1. The van der Waals surface area contributed by atoms with E-state index < -0.39 is 6.29 Å².